The van der Waals surface area contributed by atoms with Crippen LogP contribution in [0.5, 0.6) is 0 Å². The molecular formula is C20H26N2O3. The normalized spacial score (nSPS) is 25.9. The lowest BCUT2D eigenvalue weighted by molar-refractivity contribution is -0.140. The predicted octanol–water partition coefficient (Wildman–Crippen LogP) is 3.04. The van der Waals surface area contributed by atoms with Crippen molar-refractivity contribution in [2.24, 2.45) is 17.8 Å². The van der Waals surface area contributed by atoms with Crippen LogP contribution in [0.3, 0.4) is 0 Å². The van der Waals surface area contributed by atoms with Gasteiger partial charge in [-0.1, -0.05) is 19.1 Å². The Balaban J connectivity index is 1.88. The first-order valence-corrected chi connectivity index (χ1v) is 9.00. The number of benzene rings is 1. The minimum atomic E-state index is -0.205. The Bertz CT molecular complexity index is 728. The highest BCUT2D eigenvalue weighted by Gasteiger charge is 2.49. The second kappa shape index (κ2) is 6.62. The van der Waals surface area contributed by atoms with Crippen LogP contribution in [0.2, 0.25) is 0 Å². The van der Waals surface area contributed by atoms with Gasteiger partial charge in [-0.15, -0.1) is 0 Å². The highest BCUT2D eigenvalue weighted by molar-refractivity contribution is 6.06. The number of rotatable bonds is 3. The fourth-order valence-electron chi connectivity index (χ4n) is 4.09. The molecule has 0 radical (unpaired) electrons. The van der Waals surface area contributed by atoms with Crippen molar-refractivity contribution in [3.8, 4) is 0 Å². The fraction of sp³-hybridized carbons (Fsp3) is 0.550. The van der Waals surface area contributed by atoms with E-state index in [1.807, 2.05) is 32.0 Å². The molecule has 0 aromatic heterocycles. The van der Waals surface area contributed by atoms with Crippen molar-refractivity contribution in [1.29, 1.82) is 0 Å². The van der Waals surface area contributed by atoms with Crippen molar-refractivity contribution >= 4 is 23.4 Å². The van der Waals surface area contributed by atoms with Crippen molar-refractivity contribution in [2.45, 2.75) is 47.0 Å². The number of aryl methyl sites for hydroxylation is 2. The third kappa shape index (κ3) is 3.20. The zero-order chi connectivity index (χ0) is 18.3. The first-order valence-electron chi connectivity index (χ1n) is 9.00. The SMILES string of the molecule is CC(=O)N(CN1C(=O)[C@H]2C[C@H](C)CC[C@H]2C1=O)c1cc(C)ccc1C. The van der Waals surface area contributed by atoms with Crippen LogP contribution in [-0.4, -0.2) is 29.3 Å². The molecule has 3 amide bonds. The first kappa shape index (κ1) is 17.6. The van der Waals surface area contributed by atoms with Gasteiger partial charge in [0.2, 0.25) is 17.7 Å². The molecule has 5 heteroatoms. The molecule has 1 aromatic carbocycles. The van der Waals surface area contributed by atoms with Gasteiger partial charge in [-0.05, 0) is 56.2 Å². The van der Waals surface area contributed by atoms with Crippen LogP contribution < -0.4 is 4.90 Å². The van der Waals surface area contributed by atoms with Gasteiger partial charge in [0.1, 0.15) is 6.67 Å². The lowest BCUT2D eigenvalue weighted by Crippen LogP contribution is -2.44. The lowest BCUT2D eigenvalue weighted by atomic mass is 9.76. The van der Waals surface area contributed by atoms with E-state index in [0.717, 1.165) is 36.1 Å². The summed E-state index contributed by atoms with van der Waals surface area (Å²) in [6.07, 6.45) is 2.53. The molecule has 1 aromatic rings. The molecule has 1 saturated carbocycles. The molecule has 25 heavy (non-hydrogen) atoms. The summed E-state index contributed by atoms with van der Waals surface area (Å²) in [6, 6.07) is 5.87. The monoisotopic (exact) mass is 342 g/mol. The van der Waals surface area contributed by atoms with Gasteiger partial charge in [-0.3, -0.25) is 24.2 Å². The molecule has 1 heterocycles. The van der Waals surface area contributed by atoms with Crippen molar-refractivity contribution in [2.75, 3.05) is 11.6 Å². The Kier molecular flexibility index (Phi) is 4.67. The topological polar surface area (TPSA) is 57.7 Å². The number of nitrogens with zero attached hydrogens (tertiary/aromatic N) is 2. The van der Waals surface area contributed by atoms with Crippen LogP contribution >= 0.6 is 0 Å². The molecular weight excluding hydrogens is 316 g/mol. The smallest absolute Gasteiger partial charge is 0.234 e. The maximum Gasteiger partial charge on any atom is 0.234 e. The van der Waals surface area contributed by atoms with Crippen molar-refractivity contribution in [1.82, 2.24) is 4.90 Å². The van der Waals surface area contributed by atoms with Crippen molar-refractivity contribution in [3.05, 3.63) is 29.3 Å². The summed E-state index contributed by atoms with van der Waals surface area (Å²) < 4.78 is 0. The molecule has 2 aliphatic rings. The number of fused-ring (bicyclic) bond motifs is 1. The van der Waals surface area contributed by atoms with Gasteiger partial charge >= 0.3 is 0 Å². The van der Waals surface area contributed by atoms with E-state index in [2.05, 4.69) is 6.92 Å². The average Bonchev–Trinajstić information content (AvgIpc) is 2.78. The molecule has 0 N–H and O–H groups in total. The Labute approximate surface area is 149 Å². The summed E-state index contributed by atoms with van der Waals surface area (Å²) in [5.41, 5.74) is 2.75. The number of anilines is 1. The van der Waals surface area contributed by atoms with Crippen LogP contribution in [0, 0.1) is 31.6 Å². The minimum Gasteiger partial charge on any atom is -0.294 e. The van der Waals surface area contributed by atoms with Crippen LogP contribution in [0.4, 0.5) is 5.69 Å². The van der Waals surface area contributed by atoms with E-state index in [4.69, 9.17) is 0 Å². The van der Waals surface area contributed by atoms with Gasteiger partial charge in [-0.25, -0.2) is 0 Å². The van der Waals surface area contributed by atoms with Gasteiger partial charge < -0.3 is 0 Å². The van der Waals surface area contributed by atoms with Crippen LogP contribution in [0.1, 0.15) is 44.2 Å². The van der Waals surface area contributed by atoms with E-state index >= 15 is 0 Å². The van der Waals surface area contributed by atoms with Crippen molar-refractivity contribution < 1.29 is 14.4 Å². The van der Waals surface area contributed by atoms with E-state index in [9.17, 15) is 14.4 Å². The van der Waals surface area contributed by atoms with E-state index < -0.39 is 0 Å². The van der Waals surface area contributed by atoms with Gasteiger partial charge in [0.05, 0.1) is 11.8 Å². The van der Waals surface area contributed by atoms with Crippen molar-refractivity contribution in [3.63, 3.8) is 0 Å². The van der Waals surface area contributed by atoms with E-state index in [-0.39, 0.29) is 36.2 Å². The summed E-state index contributed by atoms with van der Waals surface area (Å²) in [5, 5.41) is 0. The Morgan fingerprint density at radius 3 is 2.52 bits per heavy atom. The predicted molar refractivity (Wildman–Crippen MR) is 95.8 cm³/mol. The number of imide groups is 1. The van der Waals surface area contributed by atoms with E-state index in [0.29, 0.717) is 5.92 Å². The summed E-state index contributed by atoms with van der Waals surface area (Å²) in [6.45, 7) is 7.51. The van der Waals surface area contributed by atoms with Crippen LogP contribution in [0.15, 0.2) is 18.2 Å². The Morgan fingerprint density at radius 2 is 1.84 bits per heavy atom. The highest BCUT2D eigenvalue weighted by Crippen LogP contribution is 2.40. The second-order valence-corrected chi connectivity index (χ2v) is 7.61. The zero-order valence-corrected chi connectivity index (χ0v) is 15.4. The quantitative estimate of drug-likeness (QED) is 0.793. The number of hydrogen-bond acceptors (Lipinski definition) is 3. The molecule has 0 spiro atoms. The molecule has 1 aliphatic carbocycles. The number of hydrogen-bond donors (Lipinski definition) is 0. The standard InChI is InChI=1S/C20H26N2O3/c1-12-6-8-16-17(9-12)20(25)22(19(16)24)11-21(15(4)23)18-10-13(2)5-7-14(18)3/h5,7,10,12,16-17H,6,8-9,11H2,1-4H3/t12-,16-,17+/m1/s1. The fourth-order valence-corrected chi connectivity index (χ4v) is 4.09. The third-order valence-corrected chi connectivity index (χ3v) is 5.60. The maximum atomic E-state index is 12.8. The number of amides is 3. The molecule has 0 bridgehead atoms. The van der Waals surface area contributed by atoms with Gasteiger partial charge in [-0.2, -0.15) is 0 Å². The van der Waals surface area contributed by atoms with Gasteiger partial charge in [0, 0.05) is 12.6 Å². The lowest BCUT2D eigenvalue weighted by Gasteiger charge is -2.28. The summed E-state index contributed by atoms with van der Waals surface area (Å²) in [5.74, 6) is -0.324. The molecule has 5 nitrogen and oxygen atoms in total. The van der Waals surface area contributed by atoms with Gasteiger partial charge in [0.25, 0.3) is 0 Å². The largest absolute Gasteiger partial charge is 0.294 e. The zero-order valence-electron chi connectivity index (χ0n) is 15.4. The second-order valence-electron chi connectivity index (χ2n) is 7.61. The summed E-state index contributed by atoms with van der Waals surface area (Å²) >= 11 is 0. The Hall–Kier alpha value is -2.17. The molecule has 0 unspecified atom stereocenters. The van der Waals surface area contributed by atoms with Gasteiger partial charge in [0.15, 0.2) is 0 Å². The molecule has 1 aliphatic heterocycles. The number of likely N-dealkylation sites (tertiary alicyclic amines) is 1. The number of carbonyl (C=O) groups is 3. The summed E-state index contributed by atoms with van der Waals surface area (Å²) in [7, 11) is 0. The molecule has 3 atom stereocenters. The highest BCUT2D eigenvalue weighted by atomic mass is 16.2. The third-order valence-electron chi connectivity index (χ3n) is 5.60. The Morgan fingerprint density at radius 1 is 1.16 bits per heavy atom. The molecule has 3 rings (SSSR count). The molecule has 1 saturated heterocycles. The van der Waals surface area contributed by atoms with E-state index in [1.54, 1.807) is 4.90 Å². The molecule has 134 valence electrons. The van der Waals surface area contributed by atoms with Crippen LogP contribution in [0.25, 0.3) is 0 Å². The van der Waals surface area contributed by atoms with Crippen LogP contribution in [-0.2, 0) is 14.4 Å². The average molecular weight is 342 g/mol. The first-order chi connectivity index (χ1) is 11.8. The maximum absolute atomic E-state index is 12.8. The summed E-state index contributed by atoms with van der Waals surface area (Å²) in [4.78, 5) is 40.7. The minimum absolute atomic E-state index is 0.0126. The van der Waals surface area contributed by atoms with E-state index in [1.165, 1.54) is 11.8 Å². The number of carbonyl (C=O) groups excluding carboxylic acids is 3. The molecule has 2 fully saturated rings.